The van der Waals surface area contributed by atoms with Crippen LogP contribution in [0.4, 0.5) is 0 Å². The standard InChI is InChI=1S/C8H11N.CH3NO/c1-6-4-5-9-8(3)7(6)2;2-1-3/h4-5H,1-3H3;1H,(H2,2,3). The van der Waals surface area contributed by atoms with Crippen molar-refractivity contribution in [1.29, 1.82) is 0 Å². The summed E-state index contributed by atoms with van der Waals surface area (Å²) in [6.07, 6.45) is 2.09. The fourth-order valence-corrected chi connectivity index (χ4v) is 0.768. The van der Waals surface area contributed by atoms with Crippen molar-refractivity contribution < 1.29 is 4.79 Å². The lowest BCUT2D eigenvalue weighted by molar-refractivity contribution is -0.106. The summed E-state index contributed by atoms with van der Waals surface area (Å²) in [5, 5.41) is 0. The minimum atomic E-state index is 0.250. The molecule has 0 saturated carbocycles. The van der Waals surface area contributed by atoms with Crippen LogP contribution in [-0.2, 0) is 4.79 Å². The van der Waals surface area contributed by atoms with E-state index >= 15 is 0 Å². The van der Waals surface area contributed by atoms with Gasteiger partial charge in [-0.25, -0.2) is 0 Å². The van der Waals surface area contributed by atoms with E-state index in [2.05, 4.69) is 24.6 Å². The first-order valence-electron chi connectivity index (χ1n) is 3.67. The Morgan fingerprint density at radius 2 is 1.92 bits per heavy atom. The average molecular weight is 166 g/mol. The first kappa shape index (κ1) is 10.6. The number of aryl methyl sites for hydroxylation is 2. The summed E-state index contributed by atoms with van der Waals surface area (Å²) in [5.74, 6) is 0. The van der Waals surface area contributed by atoms with E-state index in [1.807, 2.05) is 19.2 Å². The summed E-state index contributed by atoms with van der Waals surface area (Å²) >= 11 is 0. The van der Waals surface area contributed by atoms with Crippen LogP contribution in [0.15, 0.2) is 12.3 Å². The van der Waals surface area contributed by atoms with Gasteiger partial charge in [0.05, 0.1) is 0 Å². The van der Waals surface area contributed by atoms with Crippen molar-refractivity contribution in [3.63, 3.8) is 0 Å². The van der Waals surface area contributed by atoms with E-state index in [1.54, 1.807) is 0 Å². The number of pyridine rings is 1. The van der Waals surface area contributed by atoms with Crippen molar-refractivity contribution in [1.82, 2.24) is 4.98 Å². The van der Waals surface area contributed by atoms with Gasteiger partial charge < -0.3 is 5.73 Å². The van der Waals surface area contributed by atoms with Crippen molar-refractivity contribution in [2.75, 3.05) is 0 Å². The van der Waals surface area contributed by atoms with Crippen molar-refractivity contribution >= 4 is 6.41 Å². The maximum absolute atomic E-state index is 8.58. The molecular formula is C9H14N2O. The predicted octanol–water partition coefficient (Wildman–Crippen LogP) is 1.11. The summed E-state index contributed by atoms with van der Waals surface area (Å²) in [5.41, 5.74) is 7.93. The second kappa shape index (κ2) is 5.29. The Morgan fingerprint density at radius 1 is 1.42 bits per heavy atom. The number of aromatic nitrogens is 1. The Labute approximate surface area is 72.6 Å². The number of carbonyl (C=O) groups is 1. The molecule has 0 fully saturated rings. The molecule has 0 atom stereocenters. The Hall–Kier alpha value is -1.38. The highest BCUT2D eigenvalue weighted by Gasteiger charge is 1.93. The zero-order valence-electron chi connectivity index (χ0n) is 7.66. The second-order valence-electron chi connectivity index (χ2n) is 2.47. The van der Waals surface area contributed by atoms with Crippen LogP contribution in [0.1, 0.15) is 16.8 Å². The van der Waals surface area contributed by atoms with E-state index in [0.29, 0.717) is 0 Å². The van der Waals surface area contributed by atoms with E-state index in [9.17, 15) is 0 Å². The van der Waals surface area contributed by atoms with Crippen LogP contribution >= 0.6 is 0 Å². The molecule has 1 aromatic rings. The molecule has 0 aromatic carbocycles. The van der Waals surface area contributed by atoms with Gasteiger partial charge in [-0.2, -0.15) is 0 Å². The van der Waals surface area contributed by atoms with Crippen LogP contribution in [-0.4, -0.2) is 11.4 Å². The number of carbonyl (C=O) groups excluding carboxylic acids is 1. The van der Waals surface area contributed by atoms with E-state index in [1.165, 1.54) is 11.1 Å². The lowest BCUT2D eigenvalue weighted by Gasteiger charge is -1.99. The van der Waals surface area contributed by atoms with Gasteiger partial charge in [-0.05, 0) is 38.0 Å². The second-order valence-corrected chi connectivity index (χ2v) is 2.47. The molecule has 3 nitrogen and oxygen atoms in total. The monoisotopic (exact) mass is 166 g/mol. The van der Waals surface area contributed by atoms with E-state index < -0.39 is 0 Å². The number of primary amides is 1. The Balaban J connectivity index is 0.000000354. The highest BCUT2D eigenvalue weighted by atomic mass is 16.1. The van der Waals surface area contributed by atoms with Gasteiger partial charge in [0.25, 0.3) is 0 Å². The molecule has 66 valence electrons. The molecule has 1 amide bonds. The van der Waals surface area contributed by atoms with Crippen molar-refractivity contribution in [3.8, 4) is 0 Å². The highest BCUT2D eigenvalue weighted by molar-refractivity contribution is 5.42. The molecule has 0 spiro atoms. The summed E-state index contributed by atoms with van der Waals surface area (Å²) in [6, 6.07) is 2.03. The minimum absolute atomic E-state index is 0.250. The SMILES string of the molecule is Cc1ccnc(C)c1C.NC=O. The third kappa shape index (κ3) is 3.14. The number of hydrogen-bond donors (Lipinski definition) is 1. The van der Waals surface area contributed by atoms with Gasteiger partial charge in [0.1, 0.15) is 0 Å². The average Bonchev–Trinajstić information content (AvgIpc) is 2.02. The van der Waals surface area contributed by atoms with Crippen molar-refractivity contribution in [3.05, 3.63) is 29.1 Å². The molecule has 0 radical (unpaired) electrons. The molecule has 0 bridgehead atoms. The smallest absolute Gasteiger partial charge is 0.204 e. The number of nitrogens with zero attached hydrogens (tertiary/aromatic N) is 1. The molecule has 0 aliphatic carbocycles. The van der Waals surface area contributed by atoms with Crippen LogP contribution in [0.25, 0.3) is 0 Å². The molecular weight excluding hydrogens is 152 g/mol. The third-order valence-corrected chi connectivity index (χ3v) is 1.73. The van der Waals surface area contributed by atoms with Crippen molar-refractivity contribution in [2.45, 2.75) is 20.8 Å². The van der Waals surface area contributed by atoms with Crippen LogP contribution in [0, 0.1) is 20.8 Å². The van der Waals surface area contributed by atoms with E-state index in [0.717, 1.165) is 5.69 Å². The largest absolute Gasteiger partial charge is 0.372 e. The number of rotatable bonds is 0. The first-order valence-corrected chi connectivity index (χ1v) is 3.67. The third-order valence-electron chi connectivity index (χ3n) is 1.73. The summed E-state index contributed by atoms with van der Waals surface area (Å²) in [4.78, 5) is 12.7. The van der Waals surface area contributed by atoms with E-state index in [-0.39, 0.29) is 6.41 Å². The quantitative estimate of drug-likeness (QED) is 0.587. The summed E-state index contributed by atoms with van der Waals surface area (Å²) < 4.78 is 0. The molecule has 12 heavy (non-hydrogen) atoms. The maximum atomic E-state index is 8.58. The fourth-order valence-electron chi connectivity index (χ4n) is 0.768. The van der Waals surface area contributed by atoms with Gasteiger partial charge in [0, 0.05) is 11.9 Å². The lowest BCUT2D eigenvalue weighted by Crippen LogP contribution is -1.87. The highest BCUT2D eigenvalue weighted by Crippen LogP contribution is 2.06. The molecule has 0 aliphatic rings. The molecule has 1 heterocycles. The van der Waals surface area contributed by atoms with Gasteiger partial charge >= 0.3 is 0 Å². The van der Waals surface area contributed by atoms with Crippen LogP contribution in [0.2, 0.25) is 0 Å². The topological polar surface area (TPSA) is 56.0 Å². The molecule has 0 aliphatic heterocycles. The Morgan fingerprint density at radius 3 is 2.25 bits per heavy atom. The van der Waals surface area contributed by atoms with Crippen LogP contribution in [0.5, 0.6) is 0 Å². The molecule has 1 rings (SSSR count). The first-order chi connectivity index (χ1) is 5.63. The number of hydrogen-bond acceptors (Lipinski definition) is 2. The summed E-state index contributed by atoms with van der Waals surface area (Å²) in [7, 11) is 0. The fraction of sp³-hybridized carbons (Fsp3) is 0.333. The zero-order valence-corrected chi connectivity index (χ0v) is 7.66. The van der Waals surface area contributed by atoms with Gasteiger partial charge in [0.15, 0.2) is 0 Å². The normalized spacial score (nSPS) is 8.25. The van der Waals surface area contributed by atoms with Gasteiger partial charge in [-0.3, -0.25) is 9.78 Å². The lowest BCUT2D eigenvalue weighted by atomic mass is 10.1. The van der Waals surface area contributed by atoms with Gasteiger partial charge in [-0.15, -0.1) is 0 Å². The number of nitrogens with two attached hydrogens (primary N) is 1. The maximum Gasteiger partial charge on any atom is 0.204 e. The predicted molar refractivity (Wildman–Crippen MR) is 48.7 cm³/mol. The van der Waals surface area contributed by atoms with Crippen LogP contribution in [0.3, 0.4) is 0 Å². The minimum Gasteiger partial charge on any atom is -0.372 e. The zero-order chi connectivity index (χ0) is 9.56. The Bertz CT molecular complexity index is 238. The molecule has 2 N–H and O–H groups in total. The van der Waals surface area contributed by atoms with Gasteiger partial charge in [0.2, 0.25) is 6.41 Å². The summed E-state index contributed by atoms with van der Waals surface area (Å²) in [6.45, 7) is 6.23. The number of amides is 1. The molecule has 1 aromatic heterocycles. The van der Waals surface area contributed by atoms with Crippen LogP contribution < -0.4 is 5.73 Å². The molecule has 3 heteroatoms. The van der Waals surface area contributed by atoms with Gasteiger partial charge in [-0.1, -0.05) is 0 Å². The molecule has 0 saturated heterocycles. The Kier molecular flexibility index (Phi) is 4.69. The van der Waals surface area contributed by atoms with Crippen molar-refractivity contribution in [2.24, 2.45) is 5.73 Å². The molecule has 0 unspecified atom stereocenters. The van der Waals surface area contributed by atoms with E-state index in [4.69, 9.17) is 4.79 Å².